The predicted octanol–water partition coefficient (Wildman–Crippen LogP) is 2.64. The van der Waals surface area contributed by atoms with Crippen LogP contribution in [0.15, 0.2) is 71.9 Å². The quantitative estimate of drug-likeness (QED) is 0.182. The number of amides is 2. The van der Waals surface area contributed by atoms with Crippen LogP contribution in [0, 0.1) is 0 Å². The monoisotopic (exact) mass is 661 g/mol. The van der Waals surface area contributed by atoms with Crippen LogP contribution in [0.4, 0.5) is 5.69 Å². The van der Waals surface area contributed by atoms with E-state index < -0.39 is 67.0 Å². The van der Waals surface area contributed by atoms with Gasteiger partial charge >= 0.3 is 17.9 Å². The average molecular weight is 662 g/mol. The number of esters is 3. The van der Waals surface area contributed by atoms with E-state index in [2.05, 4.69) is 10.5 Å². The van der Waals surface area contributed by atoms with E-state index in [1.807, 2.05) is 42.5 Å². The molecular formula is C34H35N3O11. The molecule has 0 unspecified atom stereocenters. The van der Waals surface area contributed by atoms with Gasteiger partial charge in [-0.15, -0.1) is 0 Å². The molecule has 2 heterocycles. The Hall–Kier alpha value is -5.50. The highest BCUT2D eigenvalue weighted by molar-refractivity contribution is 6.54. The molecule has 0 aliphatic carbocycles. The number of rotatable bonds is 11. The lowest BCUT2D eigenvalue weighted by atomic mass is 9.96. The van der Waals surface area contributed by atoms with Gasteiger partial charge in [0.1, 0.15) is 31.1 Å². The van der Waals surface area contributed by atoms with Gasteiger partial charge in [0.25, 0.3) is 12.2 Å². The summed E-state index contributed by atoms with van der Waals surface area (Å²) in [6.07, 6.45) is -5.33. The van der Waals surface area contributed by atoms with E-state index in [1.54, 1.807) is 24.3 Å². The second-order valence-electron chi connectivity index (χ2n) is 11.1. The number of hydrogen-bond donors (Lipinski definition) is 1. The van der Waals surface area contributed by atoms with Crippen molar-refractivity contribution in [3.63, 3.8) is 0 Å². The molecule has 0 radical (unpaired) electrons. The van der Waals surface area contributed by atoms with Gasteiger partial charge in [0.2, 0.25) is 5.91 Å². The number of carbonyl (C=O) groups excluding carboxylic acids is 5. The van der Waals surface area contributed by atoms with Gasteiger partial charge in [-0.25, -0.2) is 0 Å². The Bertz CT molecular complexity index is 1740. The van der Waals surface area contributed by atoms with E-state index in [0.717, 1.165) is 24.6 Å². The van der Waals surface area contributed by atoms with Crippen LogP contribution in [0.1, 0.15) is 33.3 Å². The summed E-state index contributed by atoms with van der Waals surface area (Å²) in [6, 6.07) is 19.3. The molecule has 0 saturated carbocycles. The molecular weight excluding hydrogens is 626 g/mol. The molecule has 3 aromatic carbocycles. The van der Waals surface area contributed by atoms with Crippen LogP contribution >= 0.6 is 0 Å². The number of para-hydroxylation sites is 1. The van der Waals surface area contributed by atoms with E-state index in [4.69, 9.17) is 28.5 Å². The standard InChI is InChI=1S/C34H35N3O11/c1-19(38)35-30-32(46-22(4)41)31(45-21(3)40)28(18-44-20(2)39)47-34(30)48-36-29-25-13-7-8-14-26(25)37(33(29)42)16-17-43-27-15-9-11-23-10-5-6-12-24(23)27/h5-15,28,30-32,34H,16-18H2,1-4H3,(H,35,38)/b36-29+/t28-,30-,31-,32-,34+/m1/s1. The number of hydrogen-bond acceptors (Lipinski definition) is 12. The fourth-order valence-corrected chi connectivity index (χ4v) is 5.63. The number of nitrogens with zero attached hydrogens (tertiary/aromatic N) is 2. The van der Waals surface area contributed by atoms with Gasteiger partial charge in [0.15, 0.2) is 17.9 Å². The first-order valence-corrected chi connectivity index (χ1v) is 15.2. The second kappa shape index (κ2) is 14.9. The largest absolute Gasteiger partial charge is 0.491 e. The van der Waals surface area contributed by atoms with Gasteiger partial charge in [-0.3, -0.25) is 24.0 Å². The fourth-order valence-electron chi connectivity index (χ4n) is 5.63. The smallest absolute Gasteiger partial charge is 0.303 e. The Kier molecular flexibility index (Phi) is 10.5. The Morgan fingerprint density at radius 1 is 0.854 bits per heavy atom. The highest BCUT2D eigenvalue weighted by Gasteiger charge is 2.52. The lowest BCUT2D eigenvalue weighted by molar-refractivity contribution is -0.278. The lowest BCUT2D eigenvalue weighted by Crippen LogP contribution is -2.66. The SMILES string of the molecule is CC(=O)N[C@H]1[C@H](O/N=C2/C(=O)N(CCOc3cccc4ccccc34)c3ccccc32)O[C@H](COC(C)=O)[C@@H](OC(C)=O)[C@@H]1OC(C)=O. The van der Waals surface area contributed by atoms with Gasteiger partial charge in [-0.05, 0) is 17.5 Å². The third kappa shape index (κ3) is 7.72. The average Bonchev–Trinajstić information content (AvgIpc) is 3.31. The zero-order valence-electron chi connectivity index (χ0n) is 26.7. The van der Waals surface area contributed by atoms with Crippen LogP contribution in [-0.2, 0) is 47.8 Å². The zero-order chi connectivity index (χ0) is 34.4. The normalized spacial score (nSPS) is 22.5. The maximum atomic E-state index is 13.7. The highest BCUT2D eigenvalue weighted by atomic mass is 16.8. The first kappa shape index (κ1) is 33.9. The van der Waals surface area contributed by atoms with Crippen molar-refractivity contribution in [2.24, 2.45) is 5.16 Å². The van der Waals surface area contributed by atoms with Crippen LogP contribution in [0.25, 0.3) is 10.8 Å². The highest BCUT2D eigenvalue weighted by Crippen LogP contribution is 2.32. The minimum atomic E-state index is -1.48. The second-order valence-corrected chi connectivity index (χ2v) is 11.1. The molecule has 2 aliphatic heterocycles. The minimum Gasteiger partial charge on any atom is -0.491 e. The number of oxime groups is 1. The van der Waals surface area contributed by atoms with Crippen molar-refractivity contribution >= 4 is 51.9 Å². The minimum absolute atomic E-state index is 0.0522. The van der Waals surface area contributed by atoms with Crippen molar-refractivity contribution in [2.45, 2.75) is 58.3 Å². The molecule has 2 amide bonds. The Balaban J connectivity index is 1.40. The molecule has 48 heavy (non-hydrogen) atoms. The van der Waals surface area contributed by atoms with Crippen LogP contribution in [0.2, 0.25) is 0 Å². The molecule has 2 aliphatic rings. The zero-order valence-corrected chi connectivity index (χ0v) is 26.7. The molecule has 1 N–H and O–H groups in total. The molecule has 3 aromatic rings. The van der Waals surface area contributed by atoms with E-state index in [-0.39, 0.29) is 18.9 Å². The van der Waals surface area contributed by atoms with Gasteiger partial charge in [0.05, 0.1) is 12.2 Å². The molecule has 0 aromatic heterocycles. The number of benzene rings is 3. The van der Waals surface area contributed by atoms with E-state index in [1.165, 1.54) is 18.7 Å². The van der Waals surface area contributed by atoms with Crippen molar-refractivity contribution < 1.29 is 52.5 Å². The van der Waals surface area contributed by atoms with Crippen molar-refractivity contribution in [1.82, 2.24) is 5.32 Å². The van der Waals surface area contributed by atoms with Gasteiger partial charge < -0.3 is 38.7 Å². The molecule has 0 spiro atoms. The summed E-state index contributed by atoms with van der Waals surface area (Å²) in [5.41, 5.74) is 1.00. The summed E-state index contributed by atoms with van der Waals surface area (Å²) >= 11 is 0. The van der Waals surface area contributed by atoms with Crippen LogP contribution < -0.4 is 15.0 Å². The van der Waals surface area contributed by atoms with Crippen molar-refractivity contribution in [2.75, 3.05) is 24.7 Å². The Morgan fingerprint density at radius 2 is 1.54 bits per heavy atom. The van der Waals surface area contributed by atoms with Gasteiger partial charge in [-0.2, -0.15) is 0 Å². The Labute approximate surface area is 275 Å². The molecule has 5 atom stereocenters. The lowest BCUT2D eigenvalue weighted by Gasteiger charge is -2.43. The van der Waals surface area contributed by atoms with Crippen molar-refractivity contribution in [3.05, 3.63) is 72.3 Å². The van der Waals surface area contributed by atoms with Crippen molar-refractivity contribution in [1.29, 1.82) is 0 Å². The molecule has 0 bridgehead atoms. The summed E-state index contributed by atoms with van der Waals surface area (Å²) in [5, 5.41) is 8.74. The summed E-state index contributed by atoms with van der Waals surface area (Å²) in [4.78, 5) is 69.1. The summed E-state index contributed by atoms with van der Waals surface area (Å²) in [7, 11) is 0. The molecule has 1 fully saturated rings. The fraction of sp³-hybridized carbons (Fsp3) is 0.353. The predicted molar refractivity (Wildman–Crippen MR) is 170 cm³/mol. The maximum Gasteiger partial charge on any atom is 0.303 e. The maximum absolute atomic E-state index is 13.7. The number of nitrogens with one attached hydrogen (secondary N) is 1. The van der Waals surface area contributed by atoms with E-state index in [9.17, 15) is 24.0 Å². The first-order valence-electron chi connectivity index (χ1n) is 15.2. The van der Waals surface area contributed by atoms with Crippen molar-refractivity contribution in [3.8, 4) is 5.75 Å². The van der Waals surface area contributed by atoms with Crippen LogP contribution in [-0.4, -0.2) is 85.8 Å². The summed E-state index contributed by atoms with van der Waals surface area (Å²) in [6.45, 7) is 4.62. The number of anilines is 1. The molecule has 1 saturated heterocycles. The molecule has 252 valence electrons. The third-order valence-corrected chi connectivity index (χ3v) is 7.54. The topological polar surface area (TPSA) is 168 Å². The number of ether oxygens (including phenoxy) is 5. The molecule has 14 nitrogen and oxygen atoms in total. The first-order chi connectivity index (χ1) is 23.0. The third-order valence-electron chi connectivity index (χ3n) is 7.54. The molecule has 14 heteroatoms. The summed E-state index contributed by atoms with van der Waals surface area (Å²) < 4.78 is 28.1. The number of fused-ring (bicyclic) bond motifs is 2. The van der Waals surface area contributed by atoms with Crippen LogP contribution in [0.3, 0.4) is 0 Å². The van der Waals surface area contributed by atoms with E-state index >= 15 is 0 Å². The van der Waals surface area contributed by atoms with E-state index in [0.29, 0.717) is 17.0 Å². The van der Waals surface area contributed by atoms with Gasteiger partial charge in [0, 0.05) is 38.6 Å². The Morgan fingerprint density at radius 3 is 2.27 bits per heavy atom. The molecule has 5 rings (SSSR count). The van der Waals surface area contributed by atoms with Crippen LogP contribution in [0.5, 0.6) is 5.75 Å². The number of carbonyl (C=O) groups is 5. The summed E-state index contributed by atoms with van der Waals surface area (Å²) in [5.74, 6) is -2.50. The van der Waals surface area contributed by atoms with Gasteiger partial charge in [-0.1, -0.05) is 59.8 Å².